The van der Waals surface area contributed by atoms with E-state index in [2.05, 4.69) is 53.3 Å². The third-order valence-corrected chi connectivity index (χ3v) is 4.76. The summed E-state index contributed by atoms with van der Waals surface area (Å²) in [6.45, 7) is 2.17. The second-order valence-electron chi connectivity index (χ2n) is 3.97. The number of rotatable bonds is 5. The van der Waals surface area contributed by atoms with E-state index in [9.17, 15) is 0 Å². The lowest BCUT2D eigenvalue weighted by molar-refractivity contribution is 0.664. The lowest BCUT2D eigenvalue weighted by Crippen LogP contribution is -2.17. The van der Waals surface area contributed by atoms with Gasteiger partial charge in [0.15, 0.2) is 0 Å². The Morgan fingerprint density at radius 2 is 2.12 bits per heavy atom. The standard InChI is InChI=1S/C14H17NS2/c1-11-5-3-4-6-14(11)17-10-13(15-2)12-7-8-16-9-12/h3-9,13,15H,10H2,1-2H3. The highest BCUT2D eigenvalue weighted by atomic mass is 32.2. The van der Waals surface area contributed by atoms with Crippen molar-refractivity contribution in [1.82, 2.24) is 5.32 Å². The van der Waals surface area contributed by atoms with Crippen LogP contribution in [0, 0.1) is 6.92 Å². The Hall–Kier alpha value is -0.770. The van der Waals surface area contributed by atoms with Gasteiger partial charge in [-0.15, -0.1) is 11.8 Å². The molecule has 1 atom stereocenters. The van der Waals surface area contributed by atoms with Crippen LogP contribution in [0.3, 0.4) is 0 Å². The summed E-state index contributed by atoms with van der Waals surface area (Å²) in [4.78, 5) is 1.38. The van der Waals surface area contributed by atoms with Crippen LogP contribution in [0.2, 0.25) is 0 Å². The molecule has 0 aliphatic rings. The summed E-state index contributed by atoms with van der Waals surface area (Å²) in [5, 5.41) is 7.74. The summed E-state index contributed by atoms with van der Waals surface area (Å²) in [6.07, 6.45) is 0. The molecule has 0 saturated heterocycles. The number of aryl methyl sites for hydroxylation is 1. The monoisotopic (exact) mass is 263 g/mol. The summed E-state index contributed by atoms with van der Waals surface area (Å²) in [5.41, 5.74) is 2.75. The fourth-order valence-corrected chi connectivity index (χ4v) is 3.60. The molecular weight excluding hydrogens is 246 g/mol. The number of hydrogen-bond donors (Lipinski definition) is 1. The molecule has 0 aliphatic carbocycles. The van der Waals surface area contributed by atoms with Crippen LogP contribution in [0.4, 0.5) is 0 Å². The molecule has 0 fully saturated rings. The Kier molecular flexibility index (Phi) is 4.66. The van der Waals surface area contributed by atoms with Gasteiger partial charge in [-0.25, -0.2) is 0 Å². The average Bonchev–Trinajstić information content (AvgIpc) is 2.86. The average molecular weight is 263 g/mol. The van der Waals surface area contributed by atoms with E-state index < -0.39 is 0 Å². The lowest BCUT2D eigenvalue weighted by Gasteiger charge is -2.15. The second-order valence-corrected chi connectivity index (χ2v) is 5.82. The Morgan fingerprint density at radius 1 is 1.29 bits per heavy atom. The van der Waals surface area contributed by atoms with Gasteiger partial charge in [0, 0.05) is 16.7 Å². The molecule has 3 heteroatoms. The van der Waals surface area contributed by atoms with E-state index in [-0.39, 0.29) is 0 Å². The minimum absolute atomic E-state index is 0.436. The first-order valence-corrected chi connectivity index (χ1v) is 7.62. The van der Waals surface area contributed by atoms with Crippen LogP contribution < -0.4 is 5.32 Å². The maximum absolute atomic E-state index is 3.38. The van der Waals surface area contributed by atoms with Gasteiger partial charge in [0.2, 0.25) is 0 Å². The van der Waals surface area contributed by atoms with Crippen molar-refractivity contribution in [3.05, 3.63) is 52.2 Å². The number of nitrogens with one attached hydrogen (secondary N) is 1. The maximum atomic E-state index is 3.38. The highest BCUT2D eigenvalue weighted by Crippen LogP contribution is 2.27. The molecule has 1 N–H and O–H groups in total. The van der Waals surface area contributed by atoms with E-state index in [0.29, 0.717) is 6.04 Å². The van der Waals surface area contributed by atoms with Crippen LogP contribution in [0.5, 0.6) is 0 Å². The van der Waals surface area contributed by atoms with Crippen molar-refractivity contribution in [3.63, 3.8) is 0 Å². The highest BCUT2D eigenvalue weighted by Gasteiger charge is 2.10. The molecule has 17 heavy (non-hydrogen) atoms. The van der Waals surface area contributed by atoms with Crippen molar-refractivity contribution in [2.45, 2.75) is 17.9 Å². The van der Waals surface area contributed by atoms with Crippen molar-refractivity contribution < 1.29 is 0 Å². The van der Waals surface area contributed by atoms with Crippen LogP contribution in [-0.2, 0) is 0 Å². The third kappa shape index (κ3) is 3.35. The largest absolute Gasteiger partial charge is 0.312 e. The number of benzene rings is 1. The van der Waals surface area contributed by atoms with Crippen molar-refractivity contribution in [1.29, 1.82) is 0 Å². The van der Waals surface area contributed by atoms with Gasteiger partial charge in [-0.05, 0) is 48.0 Å². The van der Waals surface area contributed by atoms with Crippen LogP contribution in [0.1, 0.15) is 17.2 Å². The zero-order valence-electron chi connectivity index (χ0n) is 10.1. The molecule has 0 amide bonds. The van der Waals surface area contributed by atoms with Gasteiger partial charge in [-0.1, -0.05) is 18.2 Å². The van der Waals surface area contributed by atoms with Crippen molar-refractivity contribution in [2.75, 3.05) is 12.8 Å². The molecule has 0 radical (unpaired) electrons. The van der Waals surface area contributed by atoms with Crippen LogP contribution in [0.15, 0.2) is 46.0 Å². The molecular formula is C14H17NS2. The molecule has 2 rings (SSSR count). The zero-order valence-corrected chi connectivity index (χ0v) is 11.8. The van der Waals surface area contributed by atoms with Gasteiger partial charge in [-0.2, -0.15) is 11.3 Å². The van der Waals surface area contributed by atoms with Crippen molar-refractivity contribution in [2.24, 2.45) is 0 Å². The fraction of sp³-hybridized carbons (Fsp3) is 0.286. The summed E-state index contributed by atoms with van der Waals surface area (Å²) in [5.74, 6) is 1.07. The molecule has 2 aromatic rings. The van der Waals surface area contributed by atoms with Gasteiger partial charge in [0.05, 0.1) is 0 Å². The topological polar surface area (TPSA) is 12.0 Å². The first-order valence-electron chi connectivity index (χ1n) is 5.69. The predicted molar refractivity (Wildman–Crippen MR) is 78.0 cm³/mol. The van der Waals surface area contributed by atoms with E-state index in [0.717, 1.165) is 5.75 Å². The summed E-state index contributed by atoms with van der Waals surface area (Å²) in [7, 11) is 2.03. The summed E-state index contributed by atoms with van der Waals surface area (Å²) >= 11 is 3.68. The SMILES string of the molecule is CNC(CSc1ccccc1C)c1ccsc1. The maximum Gasteiger partial charge on any atom is 0.0421 e. The van der Waals surface area contributed by atoms with E-state index in [4.69, 9.17) is 0 Å². The first kappa shape index (κ1) is 12.7. The molecule has 1 heterocycles. The number of thiophene rings is 1. The normalized spacial score (nSPS) is 12.6. The number of thioether (sulfide) groups is 1. The molecule has 1 aromatic heterocycles. The van der Waals surface area contributed by atoms with Crippen LogP contribution in [0.25, 0.3) is 0 Å². The quantitative estimate of drug-likeness (QED) is 0.815. The Bertz CT molecular complexity index is 451. The molecule has 1 aromatic carbocycles. The predicted octanol–water partition coefficient (Wildman–Crippen LogP) is 4.11. The minimum atomic E-state index is 0.436. The molecule has 0 aliphatic heterocycles. The van der Waals surface area contributed by atoms with Crippen LogP contribution >= 0.6 is 23.1 Å². The Balaban J connectivity index is 2.00. The first-order chi connectivity index (χ1) is 8.31. The fourth-order valence-electron chi connectivity index (χ4n) is 1.71. The van der Waals surface area contributed by atoms with Crippen molar-refractivity contribution in [3.8, 4) is 0 Å². The molecule has 0 spiro atoms. The molecule has 0 bridgehead atoms. The van der Waals surface area contributed by atoms with Gasteiger partial charge in [0.25, 0.3) is 0 Å². The van der Waals surface area contributed by atoms with Crippen molar-refractivity contribution >= 4 is 23.1 Å². The number of hydrogen-bond acceptors (Lipinski definition) is 3. The molecule has 0 saturated carbocycles. The van der Waals surface area contributed by atoms with Gasteiger partial charge >= 0.3 is 0 Å². The van der Waals surface area contributed by atoms with Gasteiger partial charge in [0.1, 0.15) is 0 Å². The third-order valence-electron chi connectivity index (χ3n) is 2.79. The van der Waals surface area contributed by atoms with Gasteiger partial charge < -0.3 is 5.32 Å². The smallest absolute Gasteiger partial charge is 0.0421 e. The highest BCUT2D eigenvalue weighted by molar-refractivity contribution is 7.99. The summed E-state index contributed by atoms with van der Waals surface area (Å²) < 4.78 is 0. The van der Waals surface area contributed by atoms with Gasteiger partial charge in [-0.3, -0.25) is 0 Å². The molecule has 1 unspecified atom stereocenters. The lowest BCUT2D eigenvalue weighted by atomic mass is 10.2. The van der Waals surface area contributed by atoms with E-state index in [1.54, 1.807) is 11.3 Å². The Morgan fingerprint density at radius 3 is 2.76 bits per heavy atom. The molecule has 1 nitrogen and oxygen atoms in total. The second kappa shape index (κ2) is 6.24. The van der Waals surface area contributed by atoms with E-state index in [1.165, 1.54) is 16.0 Å². The molecule has 90 valence electrons. The van der Waals surface area contributed by atoms with E-state index in [1.807, 2.05) is 18.8 Å². The summed E-state index contributed by atoms with van der Waals surface area (Å²) in [6, 6.07) is 11.2. The minimum Gasteiger partial charge on any atom is -0.312 e. The Labute approximate surface area is 111 Å². The zero-order chi connectivity index (χ0) is 12.1. The van der Waals surface area contributed by atoms with Crippen LogP contribution in [-0.4, -0.2) is 12.8 Å². The van der Waals surface area contributed by atoms with E-state index >= 15 is 0 Å².